The first-order valence-corrected chi connectivity index (χ1v) is 24.4. The molecule has 9 atom stereocenters. The minimum absolute atomic E-state index is 0.0134. The van der Waals surface area contributed by atoms with Crippen molar-refractivity contribution >= 4 is 70.6 Å². The van der Waals surface area contributed by atoms with Gasteiger partial charge in [0.2, 0.25) is 29.5 Å². The minimum atomic E-state index is -1.82. The monoisotopic (exact) mass is 971 g/mol. The van der Waals surface area contributed by atoms with E-state index in [9.17, 15) is 38.7 Å². The number of likely N-dealkylation sites (N-methyl/N-ethyl adjacent to an activating group) is 1. The topological polar surface area (TPSA) is 224 Å². The number of likely N-dealkylation sites (tertiary alicyclic amines) is 1. The van der Waals surface area contributed by atoms with Gasteiger partial charge in [0.15, 0.2) is 5.72 Å². The predicted octanol–water partition coefficient (Wildman–Crippen LogP) is 4.93. The minimum Gasteiger partial charge on any atom is -0.495 e. The molecule has 1 aromatic carbocycles. The van der Waals surface area contributed by atoms with Crippen LogP contribution in [0.15, 0.2) is 35.9 Å². The third-order valence-electron chi connectivity index (χ3n) is 14.8. The number of methoxy groups -OCH3 is 2. The van der Waals surface area contributed by atoms with Crippen LogP contribution in [-0.2, 0) is 49.4 Å². The van der Waals surface area contributed by atoms with Gasteiger partial charge in [0, 0.05) is 64.1 Å². The second kappa shape index (κ2) is 21.3. The number of benzene rings is 1. The molecule has 1 aromatic rings. The Morgan fingerprint density at radius 1 is 1.09 bits per heavy atom. The van der Waals surface area contributed by atoms with E-state index in [1.54, 1.807) is 31.3 Å². The molecule has 1 unspecified atom stereocenters. The number of nitrogens with one attached hydrogen (secondary N) is 1. The zero-order chi connectivity index (χ0) is 49.1. The lowest BCUT2D eigenvalue weighted by Gasteiger charge is -2.42. The highest BCUT2D eigenvalue weighted by molar-refractivity contribution is 8.00. The summed E-state index contributed by atoms with van der Waals surface area (Å²) in [5, 5.41) is 14.0. The fourth-order valence-electron chi connectivity index (χ4n) is 10.1. The molecule has 368 valence electrons. The number of carbonyl (C=O) groups excluding carboxylic acids is 7. The fraction of sp³-hybridized carbons (Fsp3) is 0.646. The molecule has 0 aromatic heterocycles. The maximum atomic E-state index is 14.4. The average molecular weight is 973 g/mol. The number of halogens is 1. The van der Waals surface area contributed by atoms with Gasteiger partial charge < -0.3 is 39.6 Å². The molecule has 17 nitrogen and oxygen atoms in total. The van der Waals surface area contributed by atoms with Gasteiger partial charge in [-0.25, -0.2) is 9.59 Å². The van der Waals surface area contributed by atoms with Crippen molar-refractivity contribution in [2.75, 3.05) is 45.5 Å². The molecule has 4 N–H and O–H groups in total. The number of nitrogens with zero attached hydrogens (tertiary/aromatic N) is 3. The van der Waals surface area contributed by atoms with E-state index in [0.29, 0.717) is 56.5 Å². The third-order valence-corrected chi connectivity index (χ3v) is 16.4. The number of hydrogen-bond donors (Lipinski definition) is 3. The molecule has 0 spiro atoms. The van der Waals surface area contributed by atoms with Crippen molar-refractivity contribution in [1.29, 1.82) is 0 Å². The molecule has 4 bridgehead atoms. The Balaban J connectivity index is 1.16. The first-order chi connectivity index (χ1) is 31.6. The lowest BCUT2D eigenvalue weighted by atomic mass is 9.81. The van der Waals surface area contributed by atoms with Crippen LogP contribution in [-0.4, -0.2) is 132 Å². The number of alkyl carbamates (subject to hydrolysis) is 1. The largest absolute Gasteiger partial charge is 0.495 e. The molecule has 19 heteroatoms. The van der Waals surface area contributed by atoms with Gasteiger partial charge >= 0.3 is 12.1 Å². The van der Waals surface area contributed by atoms with Crippen molar-refractivity contribution in [3.8, 4) is 5.75 Å². The molecule has 4 fully saturated rings. The van der Waals surface area contributed by atoms with Crippen LogP contribution >= 0.6 is 23.4 Å². The number of allylic oxidation sites excluding steroid dienone is 3. The summed E-state index contributed by atoms with van der Waals surface area (Å²) in [6.45, 7) is 7.57. The standard InChI is InChI=1S/C48H66ClN5O12S/c1-26-10-9-11-37(64-8)48(62)24-35(65-46(61)51-48)27(2)32-23-47(32,4)38(22-40(56)53(6)33-19-30(18-26)20-34(63-7)42(33)49)66-45(60)28(3)52(5)39(55)16-17-67-36-21-41(57)54(44(36)59)25-29-12-14-31(15-13-29)43(50)58/h9-11,19-20,27-29,31-32,35-38,62H,12-18,21-25H2,1-8H3,(H2,50,58)(H,51,61)/b11-9+,26-10+/t27-,28-,29?,31?,32-,35-,36?,37+,38-,47-,48-/m0/s1. The Bertz CT molecular complexity index is 2170. The van der Waals surface area contributed by atoms with Crippen LogP contribution in [0.4, 0.5) is 10.5 Å². The SMILES string of the molecule is COc1cc2cc(c1Cl)N(C)C(=O)C[C@H](OC(=O)[C@H](C)N(C)C(=O)CCSC1CC(=O)N(CC3CCC(C(N)=O)CC3)C1=O)[C@@]1(C)C[C@H]1[C@H](C)[C@@H]1C[C@@](O)(NC(=O)O1)[C@H](OC)/C=C/C=C(\C)C2. The highest BCUT2D eigenvalue weighted by Crippen LogP contribution is 2.61. The lowest BCUT2D eigenvalue weighted by molar-refractivity contribution is -0.163. The average Bonchev–Trinajstić information content (AvgIpc) is 3.91. The van der Waals surface area contributed by atoms with E-state index >= 15 is 0 Å². The van der Waals surface area contributed by atoms with Crippen LogP contribution in [0.2, 0.25) is 5.02 Å². The van der Waals surface area contributed by atoms with Gasteiger partial charge in [-0.15, -0.1) is 11.8 Å². The summed E-state index contributed by atoms with van der Waals surface area (Å²) in [7, 11) is 6.00. The van der Waals surface area contributed by atoms with Gasteiger partial charge in [-0.1, -0.05) is 49.2 Å². The summed E-state index contributed by atoms with van der Waals surface area (Å²) in [5.41, 5.74) is 4.96. The summed E-state index contributed by atoms with van der Waals surface area (Å²) < 4.78 is 23.3. The molecule has 2 saturated heterocycles. The summed E-state index contributed by atoms with van der Waals surface area (Å²) in [6, 6.07) is 2.52. The van der Waals surface area contributed by atoms with Gasteiger partial charge in [0.05, 0.1) is 24.5 Å². The van der Waals surface area contributed by atoms with Crippen LogP contribution < -0.4 is 20.7 Å². The van der Waals surface area contributed by atoms with Crippen molar-refractivity contribution in [3.63, 3.8) is 0 Å². The number of carbonyl (C=O) groups is 7. The molecular formula is C48H66ClN5O12S. The van der Waals surface area contributed by atoms with E-state index in [2.05, 4.69) is 5.32 Å². The van der Waals surface area contributed by atoms with E-state index in [4.69, 9.17) is 36.3 Å². The molecule has 3 heterocycles. The molecule has 6 amide bonds. The van der Waals surface area contributed by atoms with E-state index in [1.807, 2.05) is 26.8 Å². The number of anilines is 1. The molecule has 3 aliphatic heterocycles. The lowest BCUT2D eigenvalue weighted by Crippen LogP contribution is -2.63. The Labute approximate surface area is 401 Å². The number of ether oxygens (including phenoxy) is 4. The van der Waals surface area contributed by atoms with Crippen molar-refractivity contribution in [2.45, 2.75) is 127 Å². The predicted molar refractivity (Wildman–Crippen MR) is 251 cm³/mol. The molecule has 6 rings (SSSR count). The van der Waals surface area contributed by atoms with E-state index < -0.39 is 58.7 Å². The van der Waals surface area contributed by atoms with Crippen molar-refractivity contribution in [3.05, 3.63) is 46.5 Å². The zero-order valence-corrected chi connectivity index (χ0v) is 41.3. The van der Waals surface area contributed by atoms with Gasteiger partial charge in [-0.3, -0.25) is 34.2 Å². The Morgan fingerprint density at radius 3 is 2.45 bits per heavy atom. The Morgan fingerprint density at radius 2 is 1.79 bits per heavy atom. The summed E-state index contributed by atoms with van der Waals surface area (Å²) in [4.78, 5) is 96.8. The van der Waals surface area contributed by atoms with Gasteiger partial charge in [-0.2, -0.15) is 0 Å². The molecule has 2 saturated carbocycles. The second-order valence-corrected chi connectivity index (χ2v) is 21.0. The second-order valence-electron chi connectivity index (χ2n) is 19.3. The van der Waals surface area contributed by atoms with Gasteiger partial charge in [0.1, 0.15) is 35.1 Å². The number of aliphatic hydroxyl groups is 1. The van der Waals surface area contributed by atoms with Crippen molar-refractivity contribution in [1.82, 2.24) is 15.1 Å². The smallest absolute Gasteiger partial charge is 0.409 e. The summed E-state index contributed by atoms with van der Waals surface area (Å²) >= 11 is 8.06. The van der Waals surface area contributed by atoms with Gasteiger partial charge in [0.25, 0.3) is 0 Å². The van der Waals surface area contributed by atoms with Crippen LogP contribution in [0.25, 0.3) is 0 Å². The number of esters is 1. The maximum Gasteiger partial charge on any atom is 0.409 e. The highest BCUT2D eigenvalue weighted by Gasteiger charge is 2.62. The van der Waals surface area contributed by atoms with Gasteiger partial charge in [-0.05, 0) is 87.8 Å². The number of rotatable bonds is 12. The number of imide groups is 1. The molecular weight excluding hydrogens is 906 g/mol. The molecule has 2 aliphatic carbocycles. The number of thioether (sulfide) groups is 1. The molecule has 5 aliphatic rings. The highest BCUT2D eigenvalue weighted by atomic mass is 35.5. The van der Waals surface area contributed by atoms with E-state index in [0.717, 1.165) is 11.1 Å². The first kappa shape index (κ1) is 51.7. The Kier molecular flexibility index (Phi) is 16.5. The fourth-order valence-corrected chi connectivity index (χ4v) is 11.5. The summed E-state index contributed by atoms with van der Waals surface area (Å²) in [5.74, 6) is -2.45. The number of primary amides is 1. The third kappa shape index (κ3) is 11.6. The quantitative estimate of drug-likeness (QED) is 0.187. The zero-order valence-electron chi connectivity index (χ0n) is 39.7. The van der Waals surface area contributed by atoms with Crippen LogP contribution in [0.3, 0.4) is 0 Å². The number of nitrogens with two attached hydrogens (primary N) is 1. The summed E-state index contributed by atoms with van der Waals surface area (Å²) in [6.07, 6.45) is 5.14. The van der Waals surface area contributed by atoms with Crippen LogP contribution in [0.5, 0.6) is 5.75 Å². The van der Waals surface area contributed by atoms with E-state index in [-0.39, 0.29) is 83.8 Å². The normalized spacial score (nSPS) is 33.1. The molecule has 0 radical (unpaired) electrons. The van der Waals surface area contributed by atoms with E-state index in [1.165, 1.54) is 54.7 Å². The first-order valence-electron chi connectivity index (χ1n) is 23.0. The van der Waals surface area contributed by atoms with Crippen molar-refractivity contribution < 1.29 is 57.6 Å². The number of fused-ring (bicyclic) bond motifs is 5. The number of amides is 6. The van der Waals surface area contributed by atoms with Crippen molar-refractivity contribution in [2.24, 2.45) is 34.8 Å². The number of hydrogen-bond acceptors (Lipinski definition) is 13. The Hall–Kier alpha value is -4.65. The van der Waals surface area contributed by atoms with Crippen LogP contribution in [0, 0.1) is 29.1 Å². The van der Waals surface area contributed by atoms with Crippen LogP contribution in [0.1, 0.15) is 91.0 Å². The maximum absolute atomic E-state index is 14.4. The molecule has 67 heavy (non-hydrogen) atoms.